The Morgan fingerprint density at radius 1 is 0.825 bits per heavy atom. The van der Waals surface area contributed by atoms with Crippen LogP contribution in [0.5, 0.6) is 0 Å². The number of rotatable bonds is 14. The number of nitrogens with one attached hydrogen (secondary N) is 1. The number of carboxylic acids is 1. The van der Waals surface area contributed by atoms with Crippen molar-refractivity contribution >= 4 is 37.1 Å². The summed E-state index contributed by atoms with van der Waals surface area (Å²) >= 11 is 0. The largest absolute Gasteiger partial charge is 0.735 e. The van der Waals surface area contributed by atoms with Gasteiger partial charge in [0.15, 0.2) is 16.4 Å². The first kappa shape index (κ1) is 35.1. The number of aliphatic hydroxyl groups excluding tert-OH is 2. The van der Waals surface area contributed by atoms with Gasteiger partial charge in [0.1, 0.15) is 6.10 Å². The van der Waals surface area contributed by atoms with E-state index in [2.05, 4.69) is 8.37 Å². The molecule has 236 valence electrons. The van der Waals surface area contributed by atoms with E-state index < -0.39 is 124 Å². The van der Waals surface area contributed by atoms with Gasteiger partial charge in [-0.3, -0.25) is 8.37 Å². The average Bonchev–Trinajstić information content (AvgIpc) is 2.80. The fraction of sp³-hybridized carbons (Fsp3) is 0.944. The molecule has 0 saturated carbocycles. The molecular formula is C18H30NO18S3-3. The molecular weight excluding hydrogens is 614 g/mol. The van der Waals surface area contributed by atoms with Gasteiger partial charge in [0.2, 0.25) is 20.8 Å². The third-order valence-corrected chi connectivity index (χ3v) is 8.36. The average molecular weight is 645 g/mol. The standard InChI is InChI=1S/C18H33NO18S3/c1-8-9(2)13(36-17(18(22)23)10(8)3-20)6-33-5-11-14(7-34-39(27,28)29)35-12(4-21)15(19-38(24,25)26)16(11)37-40(30,31)32/h8-17,19-21H,3-7H2,1-2H3,(H,22,23)(H,24,25,26)(H,27,28,29)(H,30,31,32)/p-3/t8-,9?,10-,11+,12+,13+,14?,15?,16+,17?/m1/s1. The van der Waals surface area contributed by atoms with Gasteiger partial charge in [-0.05, 0) is 11.8 Å². The third-order valence-electron chi connectivity index (χ3n) is 6.92. The van der Waals surface area contributed by atoms with Gasteiger partial charge in [-0.15, -0.1) is 0 Å². The van der Waals surface area contributed by atoms with E-state index in [0.717, 1.165) is 0 Å². The van der Waals surface area contributed by atoms with Crippen molar-refractivity contribution in [3.8, 4) is 0 Å². The zero-order valence-electron chi connectivity index (χ0n) is 21.0. The molecule has 0 aliphatic carbocycles. The Labute approximate surface area is 230 Å². The number of carboxylic acid groups (broad SMARTS) is 1. The number of carbonyl (C=O) groups is 1. The summed E-state index contributed by atoms with van der Waals surface area (Å²) < 4.78 is 128. The molecule has 2 saturated heterocycles. The fourth-order valence-corrected chi connectivity index (χ4v) is 6.24. The third kappa shape index (κ3) is 10.0. The molecule has 2 heterocycles. The quantitative estimate of drug-likeness (QED) is 0.103. The normalized spacial score (nSPS) is 35.9. The molecule has 0 amide bonds. The van der Waals surface area contributed by atoms with Crippen molar-refractivity contribution in [1.29, 1.82) is 0 Å². The Balaban J connectivity index is 2.37. The lowest BCUT2D eigenvalue weighted by atomic mass is 9.76. The number of aliphatic carboxylic acids is 1. The van der Waals surface area contributed by atoms with Crippen LogP contribution in [0.2, 0.25) is 0 Å². The fourth-order valence-electron chi connectivity index (χ4n) is 4.78. The molecule has 22 heteroatoms. The molecule has 40 heavy (non-hydrogen) atoms. The van der Waals surface area contributed by atoms with Crippen molar-refractivity contribution in [1.82, 2.24) is 4.72 Å². The first-order valence-electron chi connectivity index (χ1n) is 11.6. The number of ether oxygens (including phenoxy) is 3. The van der Waals surface area contributed by atoms with Gasteiger partial charge in [-0.25, -0.2) is 34.8 Å². The van der Waals surface area contributed by atoms with E-state index in [1.54, 1.807) is 13.8 Å². The second-order valence-corrected chi connectivity index (χ2v) is 12.6. The van der Waals surface area contributed by atoms with Crippen LogP contribution in [0.15, 0.2) is 0 Å². The number of hydrogen-bond acceptors (Lipinski definition) is 17. The minimum absolute atomic E-state index is 0.377. The molecule has 0 aromatic carbocycles. The first-order valence-corrected chi connectivity index (χ1v) is 15.7. The van der Waals surface area contributed by atoms with Crippen molar-refractivity contribution in [2.24, 2.45) is 23.7 Å². The van der Waals surface area contributed by atoms with Crippen LogP contribution >= 0.6 is 0 Å². The van der Waals surface area contributed by atoms with E-state index in [1.807, 2.05) is 0 Å². The Hall–Kier alpha value is -1.12. The van der Waals surface area contributed by atoms with Crippen LogP contribution < -0.4 is 4.72 Å². The second-order valence-electron chi connectivity index (χ2n) is 9.35. The summed E-state index contributed by atoms with van der Waals surface area (Å²) in [4.78, 5) is 11.6. The maximum Gasteiger partial charge on any atom is 0.333 e. The van der Waals surface area contributed by atoms with Crippen LogP contribution in [0.1, 0.15) is 13.8 Å². The predicted molar refractivity (Wildman–Crippen MR) is 122 cm³/mol. The highest BCUT2D eigenvalue weighted by atomic mass is 32.3. The van der Waals surface area contributed by atoms with Gasteiger partial charge in [0, 0.05) is 18.4 Å². The minimum Gasteiger partial charge on any atom is -0.735 e. The maximum atomic E-state index is 11.6. The second kappa shape index (κ2) is 13.9. The molecule has 2 aliphatic heterocycles. The van der Waals surface area contributed by atoms with Gasteiger partial charge in [-0.2, -0.15) is 0 Å². The van der Waals surface area contributed by atoms with Crippen LogP contribution in [0.4, 0.5) is 0 Å². The smallest absolute Gasteiger partial charge is 0.333 e. The lowest BCUT2D eigenvalue weighted by molar-refractivity contribution is -0.201. The maximum absolute atomic E-state index is 11.6. The molecule has 0 radical (unpaired) electrons. The Kier molecular flexibility index (Phi) is 12.2. The summed E-state index contributed by atoms with van der Waals surface area (Å²) in [7, 11) is -16.4. The van der Waals surface area contributed by atoms with Crippen LogP contribution in [-0.4, -0.2) is 130 Å². The lowest BCUT2D eigenvalue weighted by Crippen LogP contribution is -2.64. The van der Waals surface area contributed by atoms with Crippen molar-refractivity contribution < 1.29 is 81.6 Å². The van der Waals surface area contributed by atoms with Crippen LogP contribution in [-0.2, 0) is 58.5 Å². The Morgan fingerprint density at radius 3 is 1.93 bits per heavy atom. The Morgan fingerprint density at radius 2 is 1.45 bits per heavy atom. The zero-order chi connectivity index (χ0) is 30.6. The number of hydrogen-bond donors (Lipinski definition) is 4. The minimum atomic E-state index is -5.65. The predicted octanol–water partition coefficient (Wildman–Crippen LogP) is -4.15. The molecule has 2 aliphatic rings. The topological polar surface area (TPSA) is 308 Å². The molecule has 4 unspecified atom stereocenters. The Bertz CT molecular complexity index is 1180. The van der Waals surface area contributed by atoms with E-state index in [0.29, 0.717) is 0 Å². The highest BCUT2D eigenvalue weighted by Gasteiger charge is 2.49. The van der Waals surface area contributed by atoms with Crippen molar-refractivity contribution in [2.45, 2.75) is 50.4 Å². The zero-order valence-corrected chi connectivity index (χ0v) is 23.4. The summed E-state index contributed by atoms with van der Waals surface area (Å²) in [5.41, 5.74) is 0. The van der Waals surface area contributed by atoms with E-state index >= 15 is 0 Å². The summed E-state index contributed by atoms with van der Waals surface area (Å²) in [6, 6.07) is -2.02. The SMILES string of the molecule is CC1[C@H](COC[C@H]2C(COS(=O)(=O)[O-])O[C@@H](CO)C(NS(=O)(=O)[O-])[C@H]2OS(=O)(=O)[O-])OC(C(=O)O)[C@H](CO)[C@@H]1C. The molecule has 0 aromatic rings. The van der Waals surface area contributed by atoms with Gasteiger partial charge < -0.3 is 43.2 Å². The van der Waals surface area contributed by atoms with Crippen molar-refractivity contribution in [3.05, 3.63) is 0 Å². The molecule has 10 atom stereocenters. The number of aliphatic hydroxyl groups is 2. The molecule has 19 nitrogen and oxygen atoms in total. The van der Waals surface area contributed by atoms with Crippen molar-refractivity contribution in [3.63, 3.8) is 0 Å². The molecule has 2 fully saturated rings. The van der Waals surface area contributed by atoms with Crippen LogP contribution in [0.3, 0.4) is 0 Å². The van der Waals surface area contributed by atoms with E-state index in [1.165, 1.54) is 4.72 Å². The first-order chi connectivity index (χ1) is 18.3. The van der Waals surface area contributed by atoms with Gasteiger partial charge in [0.05, 0.1) is 50.8 Å². The van der Waals surface area contributed by atoms with E-state index in [4.69, 9.17) is 14.2 Å². The molecule has 2 rings (SSSR count). The van der Waals surface area contributed by atoms with Crippen LogP contribution in [0, 0.1) is 23.7 Å². The van der Waals surface area contributed by atoms with Gasteiger partial charge >= 0.3 is 5.97 Å². The van der Waals surface area contributed by atoms with Gasteiger partial charge in [0.25, 0.3) is 0 Å². The summed E-state index contributed by atoms with van der Waals surface area (Å²) in [6.07, 6.45) is -7.94. The summed E-state index contributed by atoms with van der Waals surface area (Å²) in [5.74, 6) is -4.51. The summed E-state index contributed by atoms with van der Waals surface area (Å²) in [5, 5.41) is 28.7. The molecule has 0 aromatic heterocycles. The molecule has 4 N–H and O–H groups in total. The van der Waals surface area contributed by atoms with E-state index in [9.17, 15) is 59.0 Å². The van der Waals surface area contributed by atoms with Crippen LogP contribution in [0.25, 0.3) is 0 Å². The van der Waals surface area contributed by atoms with Crippen molar-refractivity contribution in [2.75, 3.05) is 33.0 Å². The summed E-state index contributed by atoms with van der Waals surface area (Å²) in [6.45, 7) is -0.474. The highest BCUT2D eigenvalue weighted by Crippen LogP contribution is 2.36. The monoisotopic (exact) mass is 644 g/mol. The molecule has 0 bridgehead atoms. The highest BCUT2D eigenvalue weighted by molar-refractivity contribution is 7.83. The molecule has 0 spiro atoms. The lowest BCUT2D eigenvalue weighted by Gasteiger charge is -2.47. The van der Waals surface area contributed by atoms with E-state index in [-0.39, 0.29) is 5.92 Å². The van der Waals surface area contributed by atoms with Gasteiger partial charge in [-0.1, -0.05) is 13.8 Å².